The summed E-state index contributed by atoms with van der Waals surface area (Å²) >= 11 is 0. The molecule has 0 saturated carbocycles. The van der Waals surface area contributed by atoms with E-state index < -0.39 is 5.92 Å². The molecule has 1 aliphatic carbocycles. The zero-order valence-corrected chi connectivity index (χ0v) is 21.6. The van der Waals surface area contributed by atoms with E-state index in [2.05, 4.69) is 39.6 Å². The van der Waals surface area contributed by atoms with Crippen molar-refractivity contribution in [3.8, 4) is 0 Å². The van der Waals surface area contributed by atoms with E-state index in [1.165, 1.54) is 11.1 Å². The van der Waals surface area contributed by atoms with Gasteiger partial charge in [0.05, 0.1) is 19.3 Å². The van der Waals surface area contributed by atoms with E-state index in [1.54, 1.807) is 18.6 Å². The van der Waals surface area contributed by atoms with Crippen LogP contribution in [-0.2, 0) is 20.7 Å². The molecule has 1 amide bonds. The number of nitrogens with zero attached hydrogens (tertiary/aromatic N) is 3. The molecule has 2 aromatic carbocycles. The first kappa shape index (κ1) is 24.6. The lowest BCUT2D eigenvalue weighted by Crippen LogP contribution is -3.00. The van der Waals surface area contributed by atoms with Crippen LogP contribution in [0.2, 0.25) is 0 Å². The van der Waals surface area contributed by atoms with Crippen LogP contribution in [0.25, 0.3) is 0 Å². The maximum absolute atomic E-state index is 13.7. The number of rotatable bonds is 5. The van der Waals surface area contributed by atoms with Gasteiger partial charge in [-0.3, -0.25) is 14.6 Å². The Bertz CT molecular complexity index is 1210. The van der Waals surface area contributed by atoms with Crippen molar-refractivity contribution in [2.45, 2.75) is 31.3 Å². The molecule has 1 unspecified atom stereocenters. The van der Waals surface area contributed by atoms with Gasteiger partial charge in [0.25, 0.3) is 5.91 Å². The van der Waals surface area contributed by atoms with Crippen LogP contribution in [-0.4, -0.2) is 58.6 Å². The summed E-state index contributed by atoms with van der Waals surface area (Å²) in [5.74, 6) is 0.160. The molecule has 3 fully saturated rings. The number of piperidine rings is 3. The summed E-state index contributed by atoms with van der Waals surface area (Å²) in [6.07, 6.45) is 7.28. The molecule has 3 aromatic rings. The van der Waals surface area contributed by atoms with E-state index in [-0.39, 0.29) is 35.0 Å². The smallest absolute Gasteiger partial charge is 0.318 e. The van der Waals surface area contributed by atoms with Gasteiger partial charge in [0, 0.05) is 31.2 Å². The molecular weight excluding hydrogens is 520 g/mol. The van der Waals surface area contributed by atoms with Gasteiger partial charge in [-0.2, -0.15) is 0 Å². The molecule has 4 aliphatic rings. The zero-order chi connectivity index (χ0) is 23.8. The molecule has 1 aromatic heterocycles. The summed E-state index contributed by atoms with van der Waals surface area (Å²) in [6, 6.07) is 16.4. The fraction of sp³-hybridized carbons (Fsp3) is 0.357. The molecule has 1 atom stereocenters. The van der Waals surface area contributed by atoms with Crippen molar-refractivity contribution in [1.82, 2.24) is 9.97 Å². The quantitative estimate of drug-likeness (QED) is 0.366. The number of halogens is 1. The van der Waals surface area contributed by atoms with Crippen molar-refractivity contribution < 1.29 is 35.8 Å². The molecule has 7 nitrogen and oxygen atoms in total. The third-order valence-corrected chi connectivity index (χ3v) is 7.97. The summed E-state index contributed by atoms with van der Waals surface area (Å²) in [5.41, 5.74) is 4.46. The molecule has 0 spiro atoms. The number of quaternary nitrogens is 1. The van der Waals surface area contributed by atoms with Crippen LogP contribution >= 0.6 is 0 Å². The number of aromatic nitrogens is 2. The number of fused-ring (bicyclic) bond motifs is 5. The molecular formula is C28H29BrN4O3. The normalized spacial score (nSPS) is 24.1. The fourth-order valence-corrected chi connectivity index (χ4v) is 6.22. The van der Waals surface area contributed by atoms with Crippen molar-refractivity contribution in [3.05, 3.63) is 89.4 Å². The SMILES string of the molecule is O=C(C[N+]12CCC(CC1)C(OC(=O)C1c3ccccc3Cc3ccccc31)C2)Nc1cnccn1.[Br-]. The lowest BCUT2D eigenvalue weighted by Gasteiger charge is -2.51. The second kappa shape index (κ2) is 10.1. The van der Waals surface area contributed by atoms with Crippen molar-refractivity contribution in [2.24, 2.45) is 5.92 Å². The third-order valence-electron chi connectivity index (χ3n) is 7.97. The van der Waals surface area contributed by atoms with Crippen molar-refractivity contribution in [3.63, 3.8) is 0 Å². The van der Waals surface area contributed by atoms with Crippen LogP contribution in [0.4, 0.5) is 5.82 Å². The number of carbonyl (C=O) groups excluding carboxylic acids is 2. The Kier molecular flexibility index (Phi) is 6.90. The zero-order valence-electron chi connectivity index (χ0n) is 20.0. The van der Waals surface area contributed by atoms with Gasteiger partial charge in [0.2, 0.25) is 0 Å². The lowest BCUT2D eigenvalue weighted by molar-refractivity contribution is -0.938. The number of anilines is 1. The number of hydrogen-bond donors (Lipinski definition) is 1. The fourth-order valence-electron chi connectivity index (χ4n) is 6.22. The first-order chi connectivity index (χ1) is 17.1. The number of carbonyl (C=O) groups is 2. The Labute approximate surface area is 221 Å². The third kappa shape index (κ3) is 4.67. The second-order valence-electron chi connectivity index (χ2n) is 10.1. The van der Waals surface area contributed by atoms with Crippen molar-refractivity contribution in [1.29, 1.82) is 0 Å². The predicted octanol–water partition coefficient (Wildman–Crippen LogP) is 0.308. The average Bonchev–Trinajstić information content (AvgIpc) is 2.88. The van der Waals surface area contributed by atoms with Gasteiger partial charge in [0.15, 0.2) is 18.5 Å². The Hall–Kier alpha value is -3.10. The molecule has 4 heterocycles. The molecule has 1 N–H and O–H groups in total. The van der Waals surface area contributed by atoms with Crippen molar-refractivity contribution in [2.75, 3.05) is 31.5 Å². The number of benzene rings is 2. The van der Waals surface area contributed by atoms with Gasteiger partial charge in [-0.15, -0.1) is 0 Å². The van der Waals surface area contributed by atoms with Crippen LogP contribution in [0.3, 0.4) is 0 Å². The number of amides is 1. The standard InChI is InChI=1S/C28H28N4O3.BrH/c33-26(31-25-16-29-11-12-30-25)18-32-13-9-19(10-14-32)24(17-32)35-28(34)27-22-7-3-1-5-20(22)15-21-6-2-4-8-23(21)27;/h1-8,11-12,16,19,24,27H,9-10,13-15,17-18H2;1H. The number of ether oxygens (including phenoxy) is 1. The summed E-state index contributed by atoms with van der Waals surface area (Å²) < 4.78 is 6.95. The van der Waals surface area contributed by atoms with Gasteiger partial charge in [-0.25, -0.2) is 4.98 Å². The minimum atomic E-state index is -0.403. The number of nitrogens with one attached hydrogen (secondary N) is 1. The minimum absolute atomic E-state index is 0. The summed E-state index contributed by atoms with van der Waals surface area (Å²) in [5, 5.41) is 2.86. The maximum Gasteiger partial charge on any atom is 0.318 e. The summed E-state index contributed by atoms with van der Waals surface area (Å²) in [4.78, 5) is 34.7. The monoisotopic (exact) mass is 548 g/mol. The average molecular weight is 549 g/mol. The van der Waals surface area contributed by atoms with Crippen LogP contribution in [0.5, 0.6) is 0 Å². The van der Waals surface area contributed by atoms with E-state index >= 15 is 0 Å². The Morgan fingerprint density at radius 2 is 1.64 bits per heavy atom. The van der Waals surface area contributed by atoms with Gasteiger partial charge >= 0.3 is 5.97 Å². The van der Waals surface area contributed by atoms with Gasteiger partial charge < -0.3 is 31.5 Å². The highest BCUT2D eigenvalue weighted by Crippen LogP contribution is 2.40. The Balaban J connectivity index is 0.00000267. The molecule has 2 bridgehead atoms. The van der Waals surface area contributed by atoms with Crippen LogP contribution in [0.15, 0.2) is 67.1 Å². The highest BCUT2D eigenvalue weighted by molar-refractivity contribution is 5.90. The molecule has 3 aliphatic heterocycles. The maximum atomic E-state index is 13.7. The van der Waals surface area contributed by atoms with Crippen LogP contribution < -0.4 is 22.3 Å². The van der Waals surface area contributed by atoms with Gasteiger partial charge in [-0.05, 0) is 28.7 Å². The first-order valence-electron chi connectivity index (χ1n) is 12.4. The Morgan fingerprint density at radius 3 is 2.28 bits per heavy atom. The van der Waals surface area contributed by atoms with Crippen LogP contribution in [0, 0.1) is 5.92 Å². The number of hydrogen-bond acceptors (Lipinski definition) is 5. The highest BCUT2D eigenvalue weighted by Gasteiger charge is 2.49. The topological polar surface area (TPSA) is 81.2 Å². The summed E-state index contributed by atoms with van der Waals surface area (Å²) in [7, 11) is 0. The number of esters is 1. The van der Waals surface area contributed by atoms with E-state index in [1.807, 2.05) is 24.3 Å². The second-order valence-corrected chi connectivity index (χ2v) is 10.1. The first-order valence-corrected chi connectivity index (χ1v) is 12.4. The molecule has 186 valence electrons. The van der Waals surface area contributed by atoms with E-state index in [0.29, 0.717) is 29.3 Å². The molecule has 36 heavy (non-hydrogen) atoms. The highest BCUT2D eigenvalue weighted by atomic mass is 79.9. The molecule has 7 rings (SSSR count). The Morgan fingerprint density at radius 1 is 0.972 bits per heavy atom. The van der Waals surface area contributed by atoms with E-state index in [4.69, 9.17) is 4.74 Å². The molecule has 0 radical (unpaired) electrons. The molecule has 3 saturated heterocycles. The lowest BCUT2D eigenvalue weighted by atomic mass is 9.78. The van der Waals surface area contributed by atoms with E-state index in [0.717, 1.165) is 43.5 Å². The van der Waals surface area contributed by atoms with Crippen molar-refractivity contribution >= 4 is 17.7 Å². The minimum Gasteiger partial charge on any atom is -1.00 e. The van der Waals surface area contributed by atoms with Gasteiger partial charge in [0.1, 0.15) is 12.5 Å². The molecule has 8 heteroatoms. The largest absolute Gasteiger partial charge is 1.00 e. The van der Waals surface area contributed by atoms with Gasteiger partial charge in [-0.1, -0.05) is 48.5 Å². The predicted molar refractivity (Wildman–Crippen MR) is 131 cm³/mol. The summed E-state index contributed by atoms with van der Waals surface area (Å²) in [6.45, 7) is 2.90. The van der Waals surface area contributed by atoms with E-state index in [9.17, 15) is 9.59 Å². The van der Waals surface area contributed by atoms with Crippen LogP contribution in [0.1, 0.15) is 41.0 Å².